The largest absolute Gasteiger partial charge is 0.508 e. The fourth-order valence-corrected chi connectivity index (χ4v) is 4.04. The van der Waals surface area contributed by atoms with Crippen LogP contribution in [-0.2, 0) is 10.0 Å². The first kappa shape index (κ1) is 22.7. The number of anilines is 3. The van der Waals surface area contributed by atoms with Crippen LogP contribution in [0.5, 0.6) is 5.75 Å². The van der Waals surface area contributed by atoms with E-state index >= 15 is 0 Å². The number of phenolic OH excluding ortho intramolecular Hbond substituents is 1. The molecular formula is C21H21N9O3S. The molecular weight excluding hydrogens is 458 g/mol. The number of aromatic hydroxyl groups is 1. The molecule has 174 valence electrons. The molecule has 4 aromatic rings. The molecule has 0 radical (unpaired) electrons. The molecule has 3 aromatic heterocycles. The lowest BCUT2D eigenvalue weighted by Crippen LogP contribution is -2.16. The van der Waals surface area contributed by atoms with Gasteiger partial charge in [0.15, 0.2) is 5.82 Å². The average molecular weight is 480 g/mol. The smallest absolute Gasteiger partial charge is 0.229 e. The number of nitrogen functional groups attached to an aromatic ring is 1. The van der Waals surface area contributed by atoms with Crippen molar-refractivity contribution in [2.75, 3.05) is 22.0 Å². The summed E-state index contributed by atoms with van der Waals surface area (Å²) < 4.78 is 27.4. The molecule has 1 atom stereocenters. The summed E-state index contributed by atoms with van der Waals surface area (Å²) in [4.78, 5) is 12.6. The van der Waals surface area contributed by atoms with Gasteiger partial charge in [-0.3, -0.25) is 4.72 Å². The molecule has 0 saturated carbocycles. The molecule has 3 heterocycles. The van der Waals surface area contributed by atoms with E-state index in [1.807, 2.05) is 19.1 Å². The van der Waals surface area contributed by atoms with E-state index < -0.39 is 16.1 Å². The summed E-state index contributed by atoms with van der Waals surface area (Å²) in [6.07, 6.45) is 4.05. The molecule has 0 fully saturated rings. The summed E-state index contributed by atoms with van der Waals surface area (Å²) in [6.45, 7) is 3.69. The number of sulfonamides is 1. The minimum atomic E-state index is -3.56. The Labute approximate surface area is 195 Å². The monoisotopic (exact) mass is 479 g/mol. The van der Waals surface area contributed by atoms with Crippen molar-refractivity contribution in [3.63, 3.8) is 0 Å². The van der Waals surface area contributed by atoms with Crippen LogP contribution in [-0.4, -0.2) is 44.3 Å². The predicted molar refractivity (Wildman–Crippen MR) is 126 cm³/mol. The van der Waals surface area contributed by atoms with Gasteiger partial charge >= 0.3 is 0 Å². The Hall–Kier alpha value is -4.44. The standard InChI is InChI=1S/C21H21N9O3S/c1-11-4-5-30-18(11)17(13-6-14(8-15(31)7-13)29-34(3,32)33)27-20(28-30)12(2)26-21-16(9-22)19(23)24-10-25-21/h4-8,10,12,29,31H,1-3H3,(H3,23,24,25,26). The number of nitrogens with one attached hydrogen (secondary N) is 2. The fraction of sp³-hybridized carbons (Fsp3) is 0.190. The highest BCUT2D eigenvalue weighted by molar-refractivity contribution is 7.92. The van der Waals surface area contributed by atoms with Crippen LogP contribution < -0.4 is 15.8 Å². The van der Waals surface area contributed by atoms with Crippen molar-refractivity contribution >= 4 is 32.9 Å². The number of nitriles is 1. The Bertz CT molecular complexity index is 1560. The Morgan fingerprint density at radius 2 is 2.03 bits per heavy atom. The zero-order valence-electron chi connectivity index (χ0n) is 18.5. The highest BCUT2D eigenvalue weighted by Crippen LogP contribution is 2.32. The number of hydrogen-bond donors (Lipinski definition) is 4. The third-order valence-electron chi connectivity index (χ3n) is 4.95. The molecule has 0 saturated heterocycles. The van der Waals surface area contributed by atoms with Crippen molar-refractivity contribution in [2.45, 2.75) is 19.9 Å². The lowest BCUT2D eigenvalue weighted by Gasteiger charge is -2.17. The Morgan fingerprint density at radius 3 is 2.74 bits per heavy atom. The molecule has 12 nitrogen and oxygen atoms in total. The Morgan fingerprint density at radius 1 is 1.26 bits per heavy atom. The van der Waals surface area contributed by atoms with E-state index in [1.165, 1.54) is 18.5 Å². The van der Waals surface area contributed by atoms with Crippen LogP contribution in [0.4, 0.5) is 17.3 Å². The van der Waals surface area contributed by atoms with Gasteiger partial charge in [0, 0.05) is 17.8 Å². The number of hydrogen-bond acceptors (Lipinski definition) is 10. The number of nitrogens with two attached hydrogens (primary N) is 1. The molecule has 0 aliphatic rings. The van der Waals surface area contributed by atoms with Crippen molar-refractivity contribution in [1.82, 2.24) is 24.6 Å². The van der Waals surface area contributed by atoms with Crippen molar-refractivity contribution in [2.24, 2.45) is 0 Å². The van der Waals surface area contributed by atoms with Crippen molar-refractivity contribution in [1.29, 1.82) is 5.26 Å². The first-order chi connectivity index (χ1) is 16.1. The van der Waals surface area contributed by atoms with Crippen molar-refractivity contribution in [3.05, 3.63) is 53.7 Å². The van der Waals surface area contributed by atoms with Gasteiger partial charge in [0.05, 0.1) is 29.2 Å². The van der Waals surface area contributed by atoms with Crippen LogP contribution in [0.15, 0.2) is 36.8 Å². The molecule has 0 amide bonds. The quantitative estimate of drug-likeness (QED) is 0.319. The van der Waals surface area contributed by atoms with Crippen LogP contribution in [0.1, 0.15) is 29.9 Å². The summed E-state index contributed by atoms with van der Waals surface area (Å²) in [7, 11) is -3.56. The third-order valence-corrected chi connectivity index (χ3v) is 5.56. The van der Waals surface area contributed by atoms with Gasteiger partial charge in [-0.2, -0.15) is 10.4 Å². The number of benzene rings is 1. The summed E-state index contributed by atoms with van der Waals surface area (Å²) in [6, 6.07) is 7.72. The van der Waals surface area contributed by atoms with E-state index in [4.69, 9.17) is 10.7 Å². The van der Waals surface area contributed by atoms with E-state index in [9.17, 15) is 18.8 Å². The zero-order chi connectivity index (χ0) is 24.6. The van der Waals surface area contributed by atoms with Crippen LogP contribution in [0.2, 0.25) is 0 Å². The number of phenols is 1. The van der Waals surface area contributed by atoms with Crippen LogP contribution in [0.3, 0.4) is 0 Å². The van der Waals surface area contributed by atoms with Gasteiger partial charge in [0.1, 0.15) is 35.3 Å². The Kier molecular flexibility index (Phi) is 5.68. The first-order valence-corrected chi connectivity index (χ1v) is 11.9. The van der Waals surface area contributed by atoms with Gasteiger partial charge in [-0.05, 0) is 37.6 Å². The molecule has 0 aliphatic heterocycles. The molecule has 4 rings (SSSR count). The minimum Gasteiger partial charge on any atom is -0.508 e. The molecule has 5 N–H and O–H groups in total. The zero-order valence-corrected chi connectivity index (χ0v) is 19.3. The molecule has 1 unspecified atom stereocenters. The highest BCUT2D eigenvalue weighted by atomic mass is 32.2. The van der Waals surface area contributed by atoms with Crippen LogP contribution in [0.25, 0.3) is 16.8 Å². The van der Waals surface area contributed by atoms with Crippen molar-refractivity contribution in [3.8, 4) is 23.1 Å². The van der Waals surface area contributed by atoms with E-state index in [0.717, 1.165) is 11.8 Å². The van der Waals surface area contributed by atoms with Gasteiger partial charge < -0.3 is 16.2 Å². The maximum atomic E-state index is 11.7. The number of aromatic nitrogens is 5. The summed E-state index contributed by atoms with van der Waals surface area (Å²) in [5.74, 6) is 0.525. The molecule has 0 aliphatic carbocycles. The maximum absolute atomic E-state index is 11.7. The van der Waals surface area contributed by atoms with Gasteiger partial charge in [0.2, 0.25) is 10.0 Å². The van der Waals surface area contributed by atoms with Crippen LogP contribution >= 0.6 is 0 Å². The second-order valence-corrected chi connectivity index (χ2v) is 9.46. The van der Waals surface area contributed by atoms with E-state index in [2.05, 4.69) is 25.1 Å². The SMILES string of the molecule is Cc1ccn2nc(C(C)Nc3ncnc(N)c3C#N)nc(-c3cc(O)cc(NS(C)(=O)=O)c3)c12. The lowest BCUT2D eigenvalue weighted by atomic mass is 10.1. The molecule has 1 aromatic carbocycles. The lowest BCUT2D eigenvalue weighted by molar-refractivity contribution is 0.476. The topological polar surface area (TPSA) is 184 Å². The number of rotatable bonds is 6. The Balaban J connectivity index is 1.83. The summed E-state index contributed by atoms with van der Waals surface area (Å²) >= 11 is 0. The second kappa shape index (κ2) is 8.49. The van der Waals surface area contributed by atoms with Gasteiger partial charge in [-0.15, -0.1) is 0 Å². The predicted octanol–water partition coefficient (Wildman–Crippen LogP) is 2.20. The number of fused-ring (bicyclic) bond motifs is 1. The minimum absolute atomic E-state index is 0.0518. The highest BCUT2D eigenvalue weighted by Gasteiger charge is 2.20. The van der Waals surface area contributed by atoms with Gasteiger partial charge in [-0.1, -0.05) is 0 Å². The molecule has 0 spiro atoms. The number of aryl methyl sites for hydroxylation is 1. The second-order valence-electron chi connectivity index (χ2n) is 7.71. The molecule has 34 heavy (non-hydrogen) atoms. The van der Waals surface area contributed by atoms with Crippen LogP contribution in [0, 0.1) is 18.3 Å². The molecule has 0 bridgehead atoms. The molecule has 13 heteroatoms. The van der Waals surface area contributed by atoms with Crippen molar-refractivity contribution < 1.29 is 13.5 Å². The van der Waals surface area contributed by atoms with E-state index in [0.29, 0.717) is 22.6 Å². The fourth-order valence-electron chi connectivity index (χ4n) is 3.49. The van der Waals surface area contributed by atoms with E-state index in [-0.39, 0.29) is 28.6 Å². The average Bonchev–Trinajstić information content (AvgIpc) is 3.12. The van der Waals surface area contributed by atoms with E-state index in [1.54, 1.807) is 23.7 Å². The summed E-state index contributed by atoms with van der Waals surface area (Å²) in [5.41, 5.74) is 8.62. The number of nitrogens with zero attached hydrogens (tertiary/aromatic N) is 6. The van der Waals surface area contributed by atoms with Gasteiger partial charge in [-0.25, -0.2) is 27.9 Å². The summed E-state index contributed by atoms with van der Waals surface area (Å²) in [5, 5.41) is 27.3. The first-order valence-electron chi connectivity index (χ1n) is 10.0. The maximum Gasteiger partial charge on any atom is 0.229 e. The third kappa shape index (κ3) is 4.52. The van der Waals surface area contributed by atoms with Gasteiger partial charge in [0.25, 0.3) is 0 Å². The normalized spacial score (nSPS) is 12.3.